The minimum absolute atomic E-state index is 0.130. The minimum Gasteiger partial charge on any atom is -0.302 e. The third-order valence-electron chi connectivity index (χ3n) is 3.62. The molecule has 2 atom stereocenters. The van der Waals surface area contributed by atoms with Crippen molar-refractivity contribution in [3.63, 3.8) is 0 Å². The topological polar surface area (TPSA) is 24.9 Å². The van der Waals surface area contributed by atoms with Crippen LogP contribution in [0.4, 0.5) is 4.39 Å². The molecule has 0 bridgehead atoms. The zero-order chi connectivity index (χ0) is 14.5. The zero-order valence-electron chi connectivity index (χ0n) is 12.2. The van der Waals surface area contributed by atoms with E-state index in [0.717, 1.165) is 12.1 Å². The van der Waals surface area contributed by atoms with Gasteiger partial charge in [-0.25, -0.2) is 4.39 Å². The lowest BCUT2D eigenvalue weighted by molar-refractivity contribution is 0.446. The van der Waals surface area contributed by atoms with Gasteiger partial charge in [0, 0.05) is 12.1 Å². The monoisotopic (exact) mass is 272 g/mol. The standard InChI is InChI=1S/C17H21FN2/c1-4-16(17-10-9-14(18)11-19-17)20-13(3)15-8-6-5-7-12(15)2/h5-11,13,16,20H,4H2,1-3H3/t13-,16?/m1/s1. The maximum Gasteiger partial charge on any atom is 0.141 e. The van der Waals surface area contributed by atoms with Crippen LogP contribution >= 0.6 is 0 Å². The highest BCUT2D eigenvalue weighted by Gasteiger charge is 2.15. The second kappa shape index (κ2) is 6.62. The summed E-state index contributed by atoms with van der Waals surface area (Å²) in [5.41, 5.74) is 3.44. The number of nitrogens with one attached hydrogen (secondary N) is 1. The van der Waals surface area contributed by atoms with Gasteiger partial charge >= 0.3 is 0 Å². The van der Waals surface area contributed by atoms with Crippen molar-refractivity contribution in [1.29, 1.82) is 0 Å². The third-order valence-corrected chi connectivity index (χ3v) is 3.62. The summed E-state index contributed by atoms with van der Waals surface area (Å²) in [5, 5.41) is 3.57. The van der Waals surface area contributed by atoms with Gasteiger partial charge in [-0.3, -0.25) is 4.98 Å². The second-order valence-corrected chi connectivity index (χ2v) is 5.11. The van der Waals surface area contributed by atoms with E-state index in [1.165, 1.54) is 23.4 Å². The van der Waals surface area contributed by atoms with Crippen LogP contribution in [0.5, 0.6) is 0 Å². The number of aryl methyl sites for hydroxylation is 1. The van der Waals surface area contributed by atoms with Crippen LogP contribution in [0.15, 0.2) is 42.6 Å². The Morgan fingerprint density at radius 2 is 1.95 bits per heavy atom. The van der Waals surface area contributed by atoms with E-state index in [4.69, 9.17) is 0 Å². The lowest BCUT2D eigenvalue weighted by atomic mass is 10.0. The predicted molar refractivity (Wildman–Crippen MR) is 80.0 cm³/mol. The fraction of sp³-hybridized carbons (Fsp3) is 0.353. The molecule has 0 saturated heterocycles. The molecule has 1 unspecified atom stereocenters. The number of aromatic nitrogens is 1. The maximum atomic E-state index is 13.0. The van der Waals surface area contributed by atoms with Crippen LogP contribution in [0.25, 0.3) is 0 Å². The van der Waals surface area contributed by atoms with Gasteiger partial charge in [-0.05, 0) is 43.5 Å². The Balaban J connectivity index is 2.14. The molecule has 1 N–H and O–H groups in total. The van der Waals surface area contributed by atoms with Crippen LogP contribution in [-0.4, -0.2) is 4.98 Å². The maximum absolute atomic E-state index is 13.0. The van der Waals surface area contributed by atoms with Crippen LogP contribution in [0.3, 0.4) is 0 Å². The van der Waals surface area contributed by atoms with E-state index >= 15 is 0 Å². The summed E-state index contributed by atoms with van der Waals surface area (Å²) in [4.78, 5) is 4.18. The largest absolute Gasteiger partial charge is 0.302 e. The van der Waals surface area contributed by atoms with E-state index in [2.05, 4.69) is 49.3 Å². The van der Waals surface area contributed by atoms with Gasteiger partial charge in [0.25, 0.3) is 0 Å². The van der Waals surface area contributed by atoms with Crippen molar-refractivity contribution < 1.29 is 4.39 Å². The number of benzene rings is 1. The van der Waals surface area contributed by atoms with Gasteiger partial charge in [-0.1, -0.05) is 31.2 Å². The van der Waals surface area contributed by atoms with Crippen LogP contribution < -0.4 is 5.32 Å². The molecule has 0 radical (unpaired) electrons. The highest BCUT2D eigenvalue weighted by molar-refractivity contribution is 5.28. The number of hydrogen-bond donors (Lipinski definition) is 1. The SMILES string of the molecule is CCC(N[C@H](C)c1ccccc1C)c1ccc(F)cn1. The van der Waals surface area contributed by atoms with E-state index in [0.29, 0.717) is 0 Å². The summed E-state index contributed by atoms with van der Waals surface area (Å²) in [6.07, 6.45) is 2.19. The van der Waals surface area contributed by atoms with E-state index < -0.39 is 0 Å². The first-order chi connectivity index (χ1) is 9.61. The number of nitrogens with zero attached hydrogens (tertiary/aromatic N) is 1. The van der Waals surface area contributed by atoms with Gasteiger partial charge in [0.1, 0.15) is 5.82 Å². The Labute approximate surface area is 120 Å². The van der Waals surface area contributed by atoms with Gasteiger partial charge in [0.15, 0.2) is 0 Å². The molecule has 1 aromatic heterocycles. The molecule has 0 fully saturated rings. The first kappa shape index (κ1) is 14.7. The van der Waals surface area contributed by atoms with Crippen LogP contribution in [0.1, 0.15) is 49.2 Å². The molecule has 106 valence electrons. The van der Waals surface area contributed by atoms with E-state index in [1.807, 2.05) is 6.07 Å². The van der Waals surface area contributed by atoms with E-state index in [9.17, 15) is 4.39 Å². The Morgan fingerprint density at radius 1 is 1.20 bits per heavy atom. The van der Waals surface area contributed by atoms with Gasteiger partial charge < -0.3 is 5.32 Å². The van der Waals surface area contributed by atoms with Gasteiger partial charge in [-0.15, -0.1) is 0 Å². The molecule has 20 heavy (non-hydrogen) atoms. The van der Waals surface area contributed by atoms with Crippen molar-refractivity contribution >= 4 is 0 Å². The average molecular weight is 272 g/mol. The summed E-state index contributed by atoms with van der Waals surface area (Å²) in [7, 11) is 0. The number of pyridine rings is 1. The molecule has 0 aliphatic carbocycles. The van der Waals surface area contributed by atoms with Gasteiger partial charge in [0.05, 0.1) is 11.9 Å². The summed E-state index contributed by atoms with van der Waals surface area (Å²) in [5.74, 6) is -0.296. The number of halogens is 1. The second-order valence-electron chi connectivity index (χ2n) is 5.11. The first-order valence-electron chi connectivity index (χ1n) is 7.04. The van der Waals surface area contributed by atoms with E-state index in [-0.39, 0.29) is 17.9 Å². The molecule has 3 heteroatoms. The molecule has 2 rings (SSSR count). The zero-order valence-corrected chi connectivity index (χ0v) is 12.2. The molecule has 0 saturated carbocycles. The van der Waals surface area contributed by atoms with Crippen molar-refractivity contribution in [2.45, 2.75) is 39.3 Å². The summed E-state index contributed by atoms with van der Waals surface area (Å²) < 4.78 is 13.0. The van der Waals surface area contributed by atoms with Crippen molar-refractivity contribution in [2.24, 2.45) is 0 Å². The van der Waals surface area contributed by atoms with Crippen LogP contribution in [-0.2, 0) is 0 Å². The van der Waals surface area contributed by atoms with Crippen LogP contribution in [0.2, 0.25) is 0 Å². The van der Waals surface area contributed by atoms with Crippen LogP contribution in [0, 0.1) is 12.7 Å². The predicted octanol–water partition coefficient (Wildman–Crippen LogP) is 4.33. The van der Waals surface area contributed by atoms with Gasteiger partial charge in [0.2, 0.25) is 0 Å². The first-order valence-corrected chi connectivity index (χ1v) is 7.04. The summed E-state index contributed by atoms with van der Waals surface area (Å²) in [6.45, 7) is 6.37. The van der Waals surface area contributed by atoms with Crippen molar-refractivity contribution in [3.05, 3.63) is 65.2 Å². The quantitative estimate of drug-likeness (QED) is 0.876. The van der Waals surface area contributed by atoms with Crippen molar-refractivity contribution in [2.75, 3.05) is 0 Å². The fourth-order valence-electron chi connectivity index (χ4n) is 2.47. The Kier molecular flexibility index (Phi) is 4.85. The molecule has 1 aromatic carbocycles. The average Bonchev–Trinajstić information content (AvgIpc) is 2.46. The van der Waals surface area contributed by atoms with Crippen molar-refractivity contribution in [1.82, 2.24) is 10.3 Å². The lowest BCUT2D eigenvalue weighted by Gasteiger charge is -2.23. The Bertz CT molecular complexity index is 551. The molecule has 2 nitrogen and oxygen atoms in total. The molecular formula is C17H21FN2. The van der Waals surface area contributed by atoms with Gasteiger partial charge in [-0.2, -0.15) is 0 Å². The lowest BCUT2D eigenvalue weighted by Crippen LogP contribution is -2.25. The van der Waals surface area contributed by atoms with Crippen molar-refractivity contribution in [3.8, 4) is 0 Å². The summed E-state index contributed by atoms with van der Waals surface area (Å²) >= 11 is 0. The third kappa shape index (κ3) is 3.42. The highest BCUT2D eigenvalue weighted by atomic mass is 19.1. The Hall–Kier alpha value is -1.74. The Morgan fingerprint density at radius 3 is 2.55 bits per heavy atom. The summed E-state index contributed by atoms with van der Waals surface area (Å²) in [6, 6.07) is 11.9. The molecular weight excluding hydrogens is 251 g/mol. The molecule has 2 aromatic rings. The molecule has 1 heterocycles. The highest BCUT2D eigenvalue weighted by Crippen LogP contribution is 2.22. The number of rotatable bonds is 5. The van der Waals surface area contributed by atoms with E-state index in [1.54, 1.807) is 6.07 Å². The molecule has 0 aliphatic heterocycles. The molecule has 0 spiro atoms. The normalized spacial score (nSPS) is 14.0. The minimum atomic E-state index is -0.296. The fourth-order valence-corrected chi connectivity index (χ4v) is 2.47. The molecule has 0 amide bonds. The smallest absolute Gasteiger partial charge is 0.141 e. The number of hydrogen-bond acceptors (Lipinski definition) is 2. The molecule has 0 aliphatic rings.